The summed E-state index contributed by atoms with van der Waals surface area (Å²) in [5.74, 6) is -1.69. The molecule has 5 amide bonds. The van der Waals surface area contributed by atoms with Crippen molar-refractivity contribution in [3.8, 4) is 0 Å². The van der Waals surface area contributed by atoms with Crippen LogP contribution in [0.25, 0.3) is 0 Å². The fourth-order valence-electron chi connectivity index (χ4n) is 2.74. The highest BCUT2D eigenvalue weighted by molar-refractivity contribution is 6.06. The third kappa shape index (κ3) is 2.84. The molecule has 0 aromatic rings. The third-order valence-corrected chi connectivity index (χ3v) is 4.13. The molecule has 0 aliphatic carbocycles. The van der Waals surface area contributed by atoms with Gasteiger partial charge in [-0.2, -0.15) is 0 Å². The number of primary amides is 1. The van der Waals surface area contributed by atoms with Crippen LogP contribution in [0, 0.1) is 5.92 Å². The first-order valence-corrected chi connectivity index (χ1v) is 6.93. The Morgan fingerprint density at radius 1 is 1.33 bits per heavy atom. The Balaban J connectivity index is 2.16. The molecular formula is C13H20N4O4. The van der Waals surface area contributed by atoms with Gasteiger partial charge in [0, 0.05) is 13.1 Å². The number of carbonyl (C=O) groups is 4. The average molecular weight is 296 g/mol. The number of carbonyl (C=O) groups excluding carboxylic acids is 4. The van der Waals surface area contributed by atoms with Crippen LogP contribution in [0.5, 0.6) is 0 Å². The first-order chi connectivity index (χ1) is 9.73. The molecule has 8 heteroatoms. The quantitative estimate of drug-likeness (QED) is 0.607. The van der Waals surface area contributed by atoms with E-state index in [-0.39, 0.29) is 19.0 Å². The monoisotopic (exact) mass is 296 g/mol. The molecule has 0 aromatic carbocycles. The summed E-state index contributed by atoms with van der Waals surface area (Å²) in [6.45, 7) is 3.81. The van der Waals surface area contributed by atoms with Gasteiger partial charge in [0.25, 0.3) is 5.91 Å². The zero-order chi connectivity index (χ0) is 15.8. The lowest BCUT2D eigenvalue weighted by atomic mass is 9.92. The van der Waals surface area contributed by atoms with Crippen LogP contribution in [0.3, 0.4) is 0 Å². The zero-order valence-electron chi connectivity index (χ0n) is 12.2. The summed E-state index contributed by atoms with van der Waals surface area (Å²) in [5.41, 5.74) is 4.17. The maximum absolute atomic E-state index is 12.6. The van der Waals surface area contributed by atoms with Crippen molar-refractivity contribution in [2.24, 2.45) is 11.7 Å². The molecule has 0 aromatic heterocycles. The van der Waals surface area contributed by atoms with Crippen molar-refractivity contribution >= 4 is 23.8 Å². The van der Waals surface area contributed by atoms with Gasteiger partial charge < -0.3 is 15.5 Å². The summed E-state index contributed by atoms with van der Waals surface area (Å²) in [4.78, 5) is 50.0. The summed E-state index contributed by atoms with van der Waals surface area (Å²) >= 11 is 0. The van der Waals surface area contributed by atoms with Crippen LogP contribution in [-0.4, -0.2) is 58.7 Å². The van der Waals surface area contributed by atoms with E-state index in [4.69, 9.17) is 5.73 Å². The molecule has 0 saturated carbocycles. The Kier molecular flexibility index (Phi) is 3.89. The number of piperidine rings is 1. The van der Waals surface area contributed by atoms with E-state index in [9.17, 15) is 19.2 Å². The smallest absolute Gasteiger partial charge is 0.314 e. The fraction of sp³-hybridized carbons (Fsp3) is 0.692. The average Bonchev–Trinajstić information content (AvgIpc) is 2.42. The molecular weight excluding hydrogens is 276 g/mol. The minimum Gasteiger partial charge on any atom is -0.351 e. The number of amides is 5. The molecule has 21 heavy (non-hydrogen) atoms. The molecule has 116 valence electrons. The van der Waals surface area contributed by atoms with E-state index in [1.54, 1.807) is 13.8 Å². The largest absolute Gasteiger partial charge is 0.351 e. The van der Waals surface area contributed by atoms with E-state index in [0.717, 1.165) is 0 Å². The van der Waals surface area contributed by atoms with Crippen LogP contribution in [0.4, 0.5) is 4.79 Å². The van der Waals surface area contributed by atoms with Crippen molar-refractivity contribution in [2.75, 3.05) is 19.6 Å². The molecule has 1 unspecified atom stereocenters. The molecule has 0 bridgehead atoms. The number of nitrogens with zero attached hydrogens (tertiary/aromatic N) is 2. The Bertz CT molecular complexity index is 502. The number of urea groups is 1. The van der Waals surface area contributed by atoms with E-state index in [0.29, 0.717) is 19.4 Å². The molecule has 0 spiro atoms. The number of nitrogens with two attached hydrogens (primary N) is 1. The Hall–Kier alpha value is -2.12. The minimum absolute atomic E-state index is 0.148. The first-order valence-electron chi connectivity index (χ1n) is 6.93. The van der Waals surface area contributed by atoms with E-state index >= 15 is 0 Å². The van der Waals surface area contributed by atoms with Crippen LogP contribution in [0.1, 0.15) is 26.7 Å². The van der Waals surface area contributed by atoms with Gasteiger partial charge in [-0.3, -0.25) is 19.7 Å². The molecule has 0 radical (unpaired) electrons. The lowest BCUT2D eigenvalue weighted by molar-refractivity contribution is -0.158. The molecule has 2 heterocycles. The number of hydrogen-bond acceptors (Lipinski definition) is 4. The summed E-state index contributed by atoms with van der Waals surface area (Å²) in [5, 5.41) is 2.23. The van der Waals surface area contributed by atoms with Gasteiger partial charge in [-0.05, 0) is 26.7 Å². The van der Waals surface area contributed by atoms with Crippen molar-refractivity contribution in [3.05, 3.63) is 0 Å². The standard InChI is InChI=1S/C13H20N4O4/c1-13(2)11(20)15-9(18)7-17(13)10(19)8-4-3-5-16(6-8)12(14)21/h8H,3-7H2,1-2H3,(H2,14,21)(H,15,18,20). The number of piperazine rings is 1. The highest BCUT2D eigenvalue weighted by Crippen LogP contribution is 2.25. The number of rotatable bonds is 1. The van der Waals surface area contributed by atoms with Crippen molar-refractivity contribution in [2.45, 2.75) is 32.2 Å². The molecule has 2 aliphatic heterocycles. The van der Waals surface area contributed by atoms with Crippen LogP contribution >= 0.6 is 0 Å². The third-order valence-electron chi connectivity index (χ3n) is 4.13. The molecule has 2 aliphatic rings. The summed E-state index contributed by atoms with van der Waals surface area (Å²) in [6, 6.07) is -0.556. The Morgan fingerprint density at radius 2 is 2.00 bits per heavy atom. The van der Waals surface area contributed by atoms with E-state index < -0.39 is 29.3 Å². The summed E-state index contributed by atoms with van der Waals surface area (Å²) < 4.78 is 0. The van der Waals surface area contributed by atoms with E-state index in [1.165, 1.54) is 9.80 Å². The highest BCUT2D eigenvalue weighted by atomic mass is 16.2. The fourth-order valence-corrected chi connectivity index (χ4v) is 2.74. The predicted octanol–water partition coefficient (Wildman–Crippen LogP) is -0.959. The second-order valence-corrected chi connectivity index (χ2v) is 5.98. The maximum Gasteiger partial charge on any atom is 0.314 e. The number of likely N-dealkylation sites (tertiary alicyclic amines) is 1. The van der Waals surface area contributed by atoms with Gasteiger partial charge >= 0.3 is 6.03 Å². The lowest BCUT2D eigenvalue weighted by Gasteiger charge is -2.43. The molecule has 2 fully saturated rings. The van der Waals surface area contributed by atoms with Gasteiger partial charge in [0.15, 0.2) is 0 Å². The topological polar surface area (TPSA) is 113 Å². The summed E-state index contributed by atoms with van der Waals surface area (Å²) in [6.07, 6.45) is 1.29. The van der Waals surface area contributed by atoms with Gasteiger partial charge in [-0.1, -0.05) is 0 Å². The number of hydrogen-bond donors (Lipinski definition) is 2. The maximum atomic E-state index is 12.6. The van der Waals surface area contributed by atoms with Gasteiger partial charge in [0.05, 0.1) is 5.92 Å². The highest BCUT2D eigenvalue weighted by Gasteiger charge is 2.45. The second kappa shape index (κ2) is 5.34. The van der Waals surface area contributed by atoms with Crippen molar-refractivity contribution in [1.82, 2.24) is 15.1 Å². The van der Waals surface area contributed by atoms with Crippen LogP contribution in [0.15, 0.2) is 0 Å². The first kappa shape index (κ1) is 15.3. The van der Waals surface area contributed by atoms with Gasteiger partial charge in [0.1, 0.15) is 12.1 Å². The second-order valence-electron chi connectivity index (χ2n) is 5.98. The molecule has 2 saturated heterocycles. The van der Waals surface area contributed by atoms with E-state index in [2.05, 4.69) is 5.32 Å². The van der Waals surface area contributed by atoms with Crippen LogP contribution < -0.4 is 11.1 Å². The number of imide groups is 1. The zero-order valence-corrected chi connectivity index (χ0v) is 12.2. The minimum atomic E-state index is -1.08. The van der Waals surface area contributed by atoms with Crippen LogP contribution in [0.2, 0.25) is 0 Å². The molecule has 2 rings (SSSR count). The summed E-state index contributed by atoms with van der Waals surface area (Å²) in [7, 11) is 0. The van der Waals surface area contributed by atoms with E-state index in [1.807, 2.05) is 0 Å². The Labute approximate surface area is 122 Å². The van der Waals surface area contributed by atoms with Crippen molar-refractivity contribution in [3.63, 3.8) is 0 Å². The van der Waals surface area contributed by atoms with Crippen LogP contribution in [-0.2, 0) is 14.4 Å². The van der Waals surface area contributed by atoms with Crippen molar-refractivity contribution in [1.29, 1.82) is 0 Å². The normalized spacial score (nSPS) is 25.5. The van der Waals surface area contributed by atoms with Gasteiger partial charge in [0.2, 0.25) is 11.8 Å². The number of nitrogens with one attached hydrogen (secondary N) is 1. The molecule has 8 nitrogen and oxygen atoms in total. The molecule has 3 N–H and O–H groups in total. The van der Waals surface area contributed by atoms with Gasteiger partial charge in [-0.15, -0.1) is 0 Å². The van der Waals surface area contributed by atoms with Gasteiger partial charge in [-0.25, -0.2) is 4.79 Å². The predicted molar refractivity (Wildman–Crippen MR) is 72.8 cm³/mol. The molecule has 1 atom stereocenters. The van der Waals surface area contributed by atoms with Crippen molar-refractivity contribution < 1.29 is 19.2 Å². The lowest BCUT2D eigenvalue weighted by Crippen LogP contribution is -2.67. The SMILES string of the molecule is CC1(C)C(=O)NC(=O)CN1C(=O)C1CCCN(C(N)=O)C1. The Morgan fingerprint density at radius 3 is 2.62 bits per heavy atom.